The zero-order valence-electron chi connectivity index (χ0n) is 8.99. The Labute approximate surface area is 103 Å². The van der Waals surface area contributed by atoms with Gasteiger partial charge in [0.2, 0.25) is 0 Å². The maximum atomic E-state index is 11.2. The molecule has 1 amide bonds. The smallest absolute Gasteiger partial charge is 0.409 e. The van der Waals surface area contributed by atoms with Crippen LogP contribution in [0.15, 0.2) is 41.3 Å². The van der Waals surface area contributed by atoms with Gasteiger partial charge in [-0.3, -0.25) is 9.87 Å². The standard InChI is InChI=1S/C11H9NO5S/c13-11(14)12-10-8-4-2-1-3-7(8)5-6-9(10)18(15,16)17/h1-6,12H,(H,13,14)(H,15,16,17). The van der Waals surface area contributed by atoms with Crippen molar-refractivity contribution >= 4 is 32.7 Å². The highest BCUT2D eigenvalue weighted by atomic mass is 32.2. The molecular weight excluding hydrogens is 258 g/mol. The van der Waals surface area contributed by atoms with Crippen molar-refractivity contribution in [1.29, 1.82) is 0 Å². The third kappa shape index (κ3) is 2.27. The topological polar surface area (TPSA) is 104 Å². The van der Waals surface area contributed by atoms with Gasteiger partial charge in [0.05, 0.1) is 5.69 Å². The Morgan fingerprint density at radius 3 is 2.39 bits per heavy atom. The number of anilines is 1. The molecule has 0 unspecified atom stereocenters. The van der Waals surface area contributed by atoms with E-state index in [0.29, 0.717) is 10.8 Å². The number of nitrogens with one attached hydrogen (secondary N) is 1. The normalized spacial score (nSPS) is 11.4. The number of carboxylic acid groups (broad SMARTS) is 1. The van der Waals surface area contributed by atoms with E-state index in [1.807, 2.05) is 5.32 Å². The Kier molecular flexibility index (Phi) is 2.93. The fourth-order valence-electron chi connectivity index (χ4n) is 1.70. The summed E-state index contributed by atoms with van der Waals surface area (Å²) in [6, 6.07) is 9.29. The van der Waals surface area contributed by atoms with Crippen molar-refractivity contribution in [2.45, 2.75) is 4.90 Å². The highest BCUT2D eigenvalue weighted by Crippen LogP contribution is 2.30. The number of carbonyl (C=O) groups is 1. The number of hydrogen-bond donors (Lipinski definition) is 3. The Balaban J connectivity index is 2.83. The van der Waals surface area contributed by atoms with Crippen LogP contribution in [0.5, 0.6) is 0 Å². The molecule has 2 aromatic carbocycles. The van der Waals surface area contributed by atoms with Crippen LogP contribution >= 0.6 is 0 Å². The summed E-state index contributed by atoms with van der Waals surface area (Å²) in [6.45, 7) is 0. The van der Waals surface area contributed by atoms with E-state index in [1.165, 1.54) is 6.07 Å². The lowest BCUT2D eigenvalue weighted by atomic mass is 10.1. The third-order valence-corrected chi connectivity index (χ3v) is 3.30. The molecule has 0 saturated carbocycles. The van der Waals surface area contributed by atoms with E-state index in [9.17, 15) is 13.2 Å². The molecule has 6 nitrogen and oxygen atoms in total. The third-order valence-electron chi connectivity index (χ3n) is 2.40. The average Bonchev–Trinajstić information content (AvgIpc) is 2.27. The fraction of sp³-hybridized carbons (Fsp3) is 0. The fourth-order valence-corrected chi connectivity index (χ4v) is 2.36. The van der Waals surface area contributed by atoms with Gasteiger partial charge in [0.1, 0.15) is 4.90 Å². The van der Waals surface area contributed by atoms with Gasteiger partial charge in [-0.2, -0.15) is 8.42 Å². The Bertz CT molecular complexity index is 723. The monoisotopic (exact) mass is 267 g/mol. The van der Waals surface area contributed by atoms with E-state index in [1.54, 1.807) is 24.3 Å². The molecule has 0 radical (unpaired) electrons. The maximum absolute atomic E-state index is 11.2. The first-order valence-corrected chi connectivity index (χ1v) is 6.33. The summed E-state index contributed by atoms with van der Waals surface area (Å²) in [5, 5.41) is 11.8. The molecule has 2 aromatic rings. The molecule has 3 N–H and O–H groups in total. The van der Waals surface area contributed by atoms with Crippen molar-refractivity contribution in [3.8, 4) is 0 Å². The first-order chi connectivity index (χ1) is 8.39. The number of fused-ring (bicyclic) bond motifs is 1. The first-order valence-electron chi connectivity index (χ1n) is 4.89. The lowest BCUT2D eigenvalue weighted by Gasteiger charge is -2.10. The molecule has 7 heteroatoms. The summed E-state index contributed by atoms with van der Waals surface area (Å²) in [5.41, 5.74) is -0.150. The van der Waals surface area contributed by atoms with Crippen LogP contribution in [0.3, 0.4) is 0 Å². The van der Waals surface area contributed by atoms with Crippen LogP contribution in [0, 0.1) is 0 Å². The Morgan fingerprint density at radius 1 is 1.11 bits per heavy atom. The summed E-state index contributed by atoms with van der Waals surface area (Å²) in [4.78, 5) is 10.2. The lowest BCUT2D eigenvalue weighted by molar-refractivity contribution is 0.209. The largest absolute Gasteiger partial charge is 0.465 e. The van der Waals surface area contributed by atoms with E-state index < -0.39 is 21.1 Å². The van der Waals surface area contributed by atoms with Crippen molar-refractivity contribution in [3.63, 3.8) is 0 Å². The predicted octanol–water partition coefficient (Wildman–Crippen LogP) is 2.18. The summed E-state index contributed by atoms with van der Waals surface area (Å²) >= 11 is 0. The highest BCUT2D eigenvalue weighted by molar-refractivity contribution is 7.86. The van der Waals surface area contributed by atoms with Crippen molar-refractivity contribution in [3.05, 3.63) is 36.4 Å². The molecule has 0 aliphatic rings. The molecule has 0 heterocycles. The molecule has 2 rings (SSSR count). The zero-order valence-corrected chi connectivity index (χ0v) is 9.81. The van der Waals surface area contributed by atoms with Crippen LogP contribution in [0.1, 0.15) is 0 Å². The molecular formula is C11H9NO5S. The Hall–Kier alpha value is -2.12. The minimum absolute atomic E-state index is 0.150. The molecule has 0 aromatic heterocycles. The molecule has 0 aliphatic heterocycles. The maximum Gasteiger partial charge on any atom is 0.409 e. The van der Waals surface area contributed by atoms with Crippen molar-refractivity contribution < 1.29 is 22.9 Å². The second-order valence-electron chi connectivity index (χ2n) is 3.57. The summed E-state index contributed by atoms with van der Waals surface area (Å²) in [6.07, 6.45) is -1.41. The van der Waals surface area contributed by atoms with E-state index in [-0.39, 0.29) is 5.69 Å². The molecule has 0 fully saturated rings. The number of benzene rings is 2. The molecule has 0 aliphatic carbocycles. The van der Waals surface area contributed by atoms with Gasteiger partial charge in [0.15, 0.2) is 0 Å². The minimum atomic E-state index is -4.50. The second kappa shape index (κ2) is 4.28. The zero-order chi connectivity index (χ0) is 13.3. The lowest BCUT2D eigenvalue weighted by Crippen LogP contribution is -2.12. The molecule has 0 saturated heterocycles. The van der Waals surface area contributed by atoms with E-state index in [4.69, 9.17) is 9.66 Å². The number of hydrogen-bond acceptors (Lipinski definition) is 3. The molecule has 0 atom stereocenters. The molecule has 18 heavy (non-hydrogen) atoms. The van der Waals surface area contributed by atoms with Gasteiger partial charge in [-0.15, -0.1) is 0 Å². The van der Waals surface area contributed by atoms with E-state index in [0.717, 1.165) is 6.07 Å². The number of rotatable bonds is 2. The predicted molar refractivity (Wildman–Crippen MR) is 65.4 cm³/mol. The van der Waals surface area contributed by atoms with Gasteiger partial charge < -0.3 is 5.11 Å². The van der Waals surface area contributed by atoms with E-state index >= 15 is 0 Å². The minimum Gasteiger partial charge on any atom is -0.465 e. The van der Waals surface area contributed by atoms with Gasteiger partial charge >= 0.3 is 6.09 Å². The quantitative estimate of drug-likeness (QED) is 0.723. The van der Waals surface area contributed by atoms with Crippen LogP contribution in [0.2, 0.25) is 0 Å². The first kappa shape index (κ1) is 12.3. The highest BCUT2D eigenvalue weighted by Gasteiger charge is 2.19. The summed E-state index contributed by atoms with van der Waals surface area (Å²) in [5.74, 6) is 0. The number of amides is 1. The van der Waals surface area contributed by atoms with Gasteiger partial charge in [-0.25, -0.2) is 4.79 Å². The summed E-state index contributed by atoms with van der Waals surface area (Å²) in [7, 11) is -4.50. The van der Waals surface area contributed by atoms with Gasteiger partial charge in [0, 0.05) is 5.39 Å². The van der Waals surface area contributed by atoms with Crippen LogP contribution in [-0.2, 0) is 10.1 Å². The van der Waals surface area contributed by atoms with Crippen molar-refractivity contribution in [2.24, 2.45) is 0 Å². The SMILES string of the molecule is O=C(O)Nc1c(S(=O)(=O)O)ccc2ccccc12. The van der Waals surface area contributed by atoms with E-state index in [2.05, 4.69) is 0 Å². The molecule has 0 bridgehead atoms. The van der Waals surface area contributed by atoms with Crippen molar-refractivity contribution in [1.82, 2.24) is 0 Å². The van der Waals surface area contributed by atoms with Gasteiger partial charge in [-0.1, -0.05) is 30.3 Å². The Morgan fingerprint density at radius 2 is 1.78 bits per heavy atom. The van der Waals surface area contributed by atoms with Crippen LogP contribution < -0.4 is 5.32 Å². The average molecular weight is 267 g/mol. The van der Waals surface area contributed by atoms with Crippen molar-refractivity contribution in [2.75, 3.05) is 5.32 Å². The summed E-state index contributed by atoms with van der Waals surface area (Å²) < 4.78 is 31.5. The van der Waals surface area contributed by atoms with Crippen LogP contribution in [0.4, 0.5) is 10.5 Å². The second-order valence-corrected chi connectivity index (χ2v) is 4.96. The van der Waals surface area contributed by atoms with Gasteiger partial charge in [-0.05, 0) is 11.5 Å². The van der Waals surface area contributed by atoms with Gasteiger partial charge in [0.25, 0.3) is 10.1 Å². The molecule has 94 valence electrons. The van der Waals surface area contributed by atoms with Crippen LogP contribution in [0.25, 0.3) is 10.8 Å². The van der Waals surface area contributed by atoms with Crippen LogP contribution in [-0.4, -0.2) is 24.2 Å². The molecule has 0 spiro atoms.